The largest absolute Gasteiger partial charge is 0.462 e. The quantitative estimate of drug-likeness (QED) is 0.614. The van der Waals surface area contributed by atoms with Crippen molar-refractivity contribution in [3.63, 3.8) is 0 Å². The van der Waals surface area contributed by atoms with E-state index in [2.05, 4.69) is 19.1 Å². The van der Waals surface area contributed by atoms with E-state index in [9.17, 15) is 0 Å². The topological polar surface area (TPSA) is 13.1 Å². The van der Waals surface area contributed by atoms with Gasteiger partial charge in [0.1, 0.15) is 11.5 Å². The summed E-state index contributed by atoms with van der Waals surface area (Å²) in [5.41, 5.74) is 2.69. The van der Waals surface area contributed by atoms with Crippen LogP contribution in [0.4, 0.5) is 0 Å². The highest BCUT2D eigenvalue weighted by molar-refractivity contribution is 5.68. The molecule has 62 valence electrons. The summed E-state index contributed by atoms with van der Waals surface area (Å²) in [6.07, 6.45) is 5.31. The van der Waals surface area contributed by atoms with E-state index < -0.39 is 0 Å². The zero-order valence-electron chi connectivity index (χ0n) is 7.42. The second-order valence-electron chi connectivity index (χ2n) is 3.29. The van der Waals surface area contributed by atoms with Gasteiger partial charge < -0.3 is 4.42 Å². The highest BCUT2D eigenvalue weighted by atomic mass is 16.3. The molecule has 1 nitrogen and oxygen atoms in total. The molecule has 0 unspecified atom stereocenters. The maximum atomic E-state index is 5.51. The molecule has 1 heterocycles. The average Bonchev–Trinajstić information content (AvgIpc) is 2.58. The summed E-state index contributed by atoms with van der Waals surface area (Å²) in [6, 6.07) is 4.04. The Morgan fingerprint density at radius 1 is 1.17 bits per heavy atom. The van der Waals surface area contributed by atoms with Gasteiger partial charge in [-0.1, -0.05) is 17.7 Å². The Hall–Kier alpha value is -1.24. The van der Waals surface area contributed by atoms with E-state index in [1.807, 2.05) is 19.1 Å². The first-order chi connectivity index (χ1) is 5.75. The molecular weight excluding hydrogens is 148 g/mol. The van der Waals surface area contributed by atoms with Gasteiger partial charge in [0.25, 0.3) is 0 Å². The fraction of sp³-hybridized carbons (Fsp3) is 0.273. The Bertz CT molecular complexity index is 353. The van der Waals surface area contributed by atoms with Gasteiger partial charge in [-0.25, -0.2) is 0 Å². The second kappa shape index (κ2) is 2.67. The Kier molecular flexibility index (Phi) is 1.65. The van der Waals surface area contributed by atoms with Crippen LogP contribution in [0.5, 0.6) is 0 Å². The predicted molar refractivity (Wildman–Crippen MR) is 49.8 cm³/mol. The molecule has 0 spiro atoms. The van der Waals surface area contributed by atoms with E-state index in [1.54, 1.807) is 0 Å². The summed E-state index contributed by atoms with van der Waals surface area (Å²) >= 11 is 0. The van der Waals surface area contributed by atoms with Gasteiger partial charge in [-0.05, 0) is 38.0 Å². The van der Waals surface area contributed by atoms with Crippen molar-refractivity contribution in [2.24, 2.45) is 0 Å². The molecule has 1 aliphatic rings. The molecule has 0 bridgehead atoms. The number of aryl methyl sites for hydroxylation is 1. The summed E-state index contributed by atoms with van der Waals surface area (Å²) < 4.78 is 5.51. The third-order valence-electron chi connectivity index (χ3n) is 2.10. The van der Waals surface area contributed by atoms with Gasteiger partial charge in [0.05, 0.1) is 0 Å². The Labute approximate surface area is 72.4 Å². The number of allylic oxidation sites excluding steroid dienone is 4. The van der Waals surface area contributed by atoms with Crippen molar-refractivity contribution in [3.8, 4) is 0 Å². The third kappa shape index (κ3) is 1.22. The first-order valence-electron chi connectivity index (χ1n) is 4.19. The molecule has 1 aliphatic carbocycles. The lowest BCUT2D eigenvalue weighted by atomic mass is 10.1. The lowest BCUT2D eigenvalue weighted by Gasteiger charge is -1.96. The highest BCUT2D eigenvalue weighted by Gasteiger charge is 2.09. The fourth-order valence-corrected chi connectivity index (χ4v) is 1.44. The standard InChI is InChI=1S/C11H12O/c1-8-3-5-10(7-8)11-6-4-9(2)12-11/h3-6H,7H2,1-2H3. The minimum atomic E-state index is 0.982. The molecule has 0 saturated carbocycles. The van der Waals surface area contributed by atoms with Crippen molar-refractivity contribution < 1.29 is 4.42 Å². The van der Waals surface area contributed by atoms with Crippen LogP contribution >= 0.6 is 0 Å². The van der Waals surface area contributed by atoms with Crippen molar-refractivity contribution in [2.75, 3.05) is 0 Å². The SMILES string of the molecule is CC1=CC=C(c2ccc(C)o2)C1. The minimum absolute atomic E-state index is 0.982. The van der Waals surface area contributed by atoms with E-state index in [0.29, 0.717) is 0 Å². The summed E-state index contributed by atoms with van der Waals surface area (Å²) in [4.78, 5) is 0. The van der Waals surface area contributed by atoms with Crippen LogP contribution in [0.2, 0.25) is 0 Å². The number of rotatable bonds is 1. The van der Waals surface area contributed by atoms with Crippen LogP contribution in [0.3, 0.4) is 0 Å². The molecule has 0 fully saturated rings. The van der Waals surface area contributed by atoms with Crippen molar-refractivity contribution >= 4 is 5.57 Å². The van der Waals surface area contributed by atoms with Gasteiger partial charge in [0.2, 0.25) is 0 Å². The normalized spacial score (nSPS) is 16.2. The van der Waals surface area contributed by atoms with Gasteiger partial charge in [0.15, 0.2) is 0 Å². The van der Waals surface area contributed by atoms with Gasteiger partial charge >= 0.3 is 0 Å². The molecule has 1 heteroatoms. The van der Waals surface area contributed by atoms with E-state index in [1.165, 1.54) is 11.1 Å². The minimum Gasteiger partial charge on any atom is -0.462 e. The molecular formula is C11H12O. The second-order valence-corrected chi connectivity index (χ2v) is 3.29. The first kappa shape index (κ1) is 7.41. The molecule has 0 radical (unpaired) electrons. The van der Waals surface area contributed by atoms with Gasteiger partial charge in [-0.3, -0.25) is 0 Å². The molecule has 0 atom stereocenters. The summed E-state index contributed by atoms with van der Waals surface area (Å²) in [7, 11) is 0. The molecule has 1 aromatic rings. The monoisotopic (exact) mass is 160 g/mol. The number of furan rings is 1. The van der Waals surface area contributed by atoms with Gasteiger partial charge in [-0.2, -0.15) is 0 Å². The van der Waals surface area contributed by atoms with E-state index in [4.69, 9.17) is 4.42 Å². The lowest BCUT2D eigenvalue weighted by molar-refractivity contribution is 0.520. The van der Waals surface area contributed by atoms with Crippen LogP contribution in [0.15, 0.2) is 34.3 Å². The van der Waals surface area contributed by atoms with Crippen molar-refractivity contribution in [3.05, 3.63) is 41.4 Å². The molecule has 1 aromatic heterocycles. The van der Waals surface area contributed by atoms with Crippen LogP contribution in [-0.2, 0) is 0 Å². The van der Waals surface area contributed by atoms with E-state index in [-0.39, 0.29) is 0 Å². The molecule has 0 amide bonds. The average molecular weight is 160 g/mol. The van der Waals surface area contributed by atoms with E-state index >= 15 is 0 Å². The van der Waals surface area contributed by atoms with Gasteiger partial charge in [-0.15, -0.1) is 0 Å². The highest BCUT2D eigenvalue weighted by Crippen LogP contribution is 2.28. The van der Waals surface area contributed by atoms with Gasteiger partial charge in [0, 0.05) is 0 Å². The smallest absolute Gasteiger partial charge is 0.130 e. The summed E-state index contributed by atoms with van der Waals surface area (Å²) in [5, 5.41) is 0. The third-order valence-corrected chi connectivity index (χ3v) is 2.10. The van der Waals surface area contributed by atoms with Crippen molar-refractivity contribution in [1.29, 1.82) is 0 Å². The Morgan fingerprint density at radius 2 is 2.00 bits per heavy atom. The maximum absolute atomic E-state index is 5.51. The molecule has 0 N–H and O–H groups in total. The molecule has 0 aromatic carbocycles. The van der Waals surface area contributed by atoms with E-state index in [0.717, 1.165) is 17.9 Å². The zero-order valence-corrected chi connectivity index (χ0v) is 7.42. The lowest BCUT2D eigenvalue weighted by Crippen LogP contribution is -1.76. The molecule has 0 saturated heterocycles. The fourth-order valence-electron chi connectivity index (χ4n) is 1.44. The number of hydrogen-bond donors (Lipinski definition) is 0. The summed E-state index contributed by atoms with van der Waals surface area (Å²) in [6.45, 7) is 4.11. The first-order valence-corrected chi connectivity index (χ1v) is 4.19. The Morgan fingerprint density at radius 3 is 2.50 bits per heavy atom. The molecule has 0 aliphatic heterocycles. The van der Waals surface area contributed by atoms with Crippen molar-refractivity contribution in [2.45, 2.75) is 20.3 Å². The molecule has 12 heavy (non-hydrogen) atoms. The van der Waals surface area contributed by atoms with Crippen LogP contribution in [-0.4, -0.2) is 0 Å². The zero-order chi connectivity index (χ0) is 8.55. The van der Waals surface area contributed by atoms with Crippen molar-refractivity contribution in [1.82, 2.24) is 0 Å². The van der Waals surface area contributed by atoms with Crippen LogP contribution < -0.4 is 0 Å². The van der Waals surface area contributed by atoms with Crippen LogP contribution in [0.1, 0.15) is 24.9 Å². The molecule has 2 rings (SSSR count). The predicted octanol–water partition coefficient (Wildman–Crippen LogP) is 3.32. The Balaban J connectivity index is 2.24. The summed E-state index contributed by atoms with van der Waals surface area (Å²) in [5.74, 6) is 2.00. The maximum Gasteiger partial charge on any atom is 0.130 e. The van der Waals surface area contributed by atoms with Crippen LogP contribution in [0, 0.1) is 6.92 Å². The van der Waals surface area contributed by atoms with Crippen LogP contribution in [0.25, 0.3) is 5.57 Å². The number of hydrogen-bond acceptors (Lipinski definition) is 1.